The Kier molecular flexibility index (Phi) is 4.01. The largest absolute Gasteiger partial charge is 1.00 e. The summed E-state index contributed by atoms with van der Waals surface area (Å²) in [5.74, 6) is 0. The van der Waals surface area contributed by atoms with E-state index in [1.54, 1.807) is 0 Å². The molecule has 0 bridgehead atoms. The van der Waals surface area contributed by atoms with Gasteiger partial charge in [-0.15, -0.1) is 0 Å². The zero-order chi connectivity index (χ0) is 7.71. The number of hydrogen-bond acceptors (Lipinski definition) is 7. The summed E-state index contributed by atoms with van der Waals surface area (Å²) >= 11 is 0. The summed E-state index contributed by atoms with van der Waals surface area (Å²) in [6, 6.07) is 0. The molecule has 5 N–H and O–H groups in total. The van der Waals surface area contributed by atoms with E-state index in [0.717, 1.165) is 0 Å². The first-order chi connectivity index (χ1) is 3.71. The van der Waals surface area contributed by atoms with E-state index in [0.29, 0.717) is 0 Å². The van der Waals surface area contributed by atoms with Crippen LogP contribution in [0.1, 0.15) is 1.43 Å². The molecule has 0 aliphatic rings. The molecule has 0 radical (unpaired) electrons. The highest BCUT2D eigenvalue weighted by Crippen LogP contribution is 1.92. The zero-order valence-electron chi connectivity index (χ0n) is 5.77. The molecule has 64 valence electrons. The van der Waals surface area contributed by atoms with E-state index < -0.39 is 20.7 Å². The van der Waals surface area contributed by atoms with Gasteiger partial charge in [0.1, 0.15) is 10.3 Å². The van der Waals surface area contributed by atoms with Crippen molar-refractivity contribution in [3.05, 3.63) is 0 Å². The van der Waals surface area contributed by atoms with Crippen molar-refractivity contribution in [3.8, 4) is 0 Å². The van der Waals surface area contributed by atoms with E-state index >= 15 is 0 Å². The second kappa shape index (κ2) is 3.23. The summed E-state index contributed by atoms with van der Waals surface area (Å²) in [5, 5.41) is 0. The molecule has 0 aromatic rings. The predicted molar refractivity (Wildman–Crippen MR) is 29.5 cm³/mol. The monoisotopic (exact) mass is 194 g/mol. The van der Waals surface area contributed by atoms with Gasteiger partial charge >= 0.3 is 1.43 Å². The molecule has 8 nitrogen and oxygen atoms in total. The summed E-state index contributed by atoms with van der Waals surface area (Å²) in [7, 11) is -10.2. The van der Waals surface area contributed by atoms with Gasteiger partial charge in [-0.25, -0.2) is 17.4 Å². The van der Waals surface area contributed by atoms with Crippen LogP contribution in [-0.2, 0) is 24.3 Å². The van der Waals surface area contributed by atoms with Crippen molar-refractivity contribution >= 4 is 20.7 Å². The first-order valence-corrected chi connectivity index (χ1v) is 4.11. The van der Waals surface area contributed by atoms with E-state index in [1.807, 2.05) is 0 Å². The third kappa shape index (κ3) is 10.7. The smallest absolute Gasteiger partial charge is 0.742 e. The highest BCUT2D eigenvalue weighted by atomic mass is 32.3. The minimum absolute atomic E-state index is 0. The van der Waals surface area contributed by atoms with E-state index in [4.69, 9.17) is 4.78 Å². The van der Waals surface area contributed by atoms with Crippen molar-refractivity contribution < 1.29 is 26.8 Å². The van der Waals surface area contributed by atoms with Gasteiger partial charge in [-0.05, 0) is 0 Å². The molecule has 0 spiro atoms. The van der Waals surface area contributed by atoms with Gasteiger partial charge in [-0.2, -0.15) is 3.63 Å². The molecule has 10 heteroatoms. The second-order valence-electron chi connectivity index (χ2n) is 0.930. The summed E-state index contributed by atoms with van der Waals surface area (Å²) < 4.78 is 55.6. The van der Waals surface area contributed by atoms with E-state index in [-0.39, 0.29) is 7.58 Å². The van der Waals surface area contributed by atoms with Crippen LogP contribution in [0.25, 0.3) is 0 Å². The van der Waals surface area contributed by atoms with Crippen molar-refractivity contribution in [1.29, 1.82) is 4.78 Å². The SMILES string of the molecule is N=S(=O)([O-])OS(=O)(=O)[O-].[H+].[NH4+]. The van der Waals surface area contributed by atoms with Crippen LogP contribution >= 0.6 is 0 Å². The molecular formula is H6N2O6S2. The van der Waals surface area contributed by atoms with Crippen molar-refractivity contribution in [2.75, 3.05) is 0 Å². The number of hydrogen-bond donors (Lipinski definition) is 2. The molecule has 0 heterocycles. The number of nitrogens with one attached hydrogen (secondary N) is 1. The molecule has 0 rings (SSSR count). The molecule has 0 saturated heterocycles. The maximum atomic E-state index is 9.51. The Labute approximate surface area is 59.2 Å². The summed E-state index contributed by atoms with van der Waals surface area (Å²) in [6.07, 6.45) is 0. The fraction of sp³-hybridized carbons (Fsp3) is 0. The molecule has 10 heavy (non-hydrogen) atoms. The van der Waals surface area contributed by atoms with Crippen molar-refractivity contribution in [2.24, 2.45) is 0 Å². The fourth-order valence-electron chi connectivity index (χ4n) is 0.110. The normalized spacial score (nSPS) is 17.0. The third-order valence-corrected chi connectivity index (χ3v) is 1.56. The topological polar surface area (TPSA) is 167 Å². The maximum Gasteiger partial charge on any atom is 1.00 e. The van der Waals surface area contributed by atoms with Crippen LogP contribution in [0.15, 0.2) is 0 Å². The molecule has 0 amide bonds. The Hall–Kier alpha value is -0.260. The van der Waals surface area contributed by atoms with Crippen LogP contribution in [0.2, 0.25) is 0 Å². The maximum absolute atomic E-state index is 9.51. The highest BCUT2D eigenvalue weighted by molar-refractivity contribution is 7.94. The molecule has 0 aromatic heterocycles. The average Bonchev–Trinajstić information content (AvgIpc) is 1.14. The van der Waals surface area contributed by atoms with Crippen molar-refractivity contribution in [2.45, 2.75) is 0 Å². The van der Waals surface area contributed by atoms with Gasteiger partial charge in [0.15, 0.2) is 0 Å². The van der Waals surface area contributed by atoms with Crippen LogP contribution in [-0.4, -0.2) is 21.7 Å². The lowest BCUT2D eigenvalue weighted by molar-refractivity contribution is 0.352. The van der Waals surface area contributed by atoms with Crippen LogP contribution in [0.3, 0.4) is 0 Å². The van der Waals surface area contributed by atoms with Crippen LogP contribution in [0.5, 0.6) is 0 Å². The lowest BCUT2D eigenvalue weighted by atomic mass is 14.0. The summed E-state index contributed by atoms with van der Waals surface area (Å²) in [6.45, 7) is 0. The van der Waals surface area contributed by atoms with Gasteiger partial charge < -0.3 is 15.3 Å². The first kappa shape index (κ1) is 12.4. The number of quaternary nitrogens is 1. The molecule has 1 unspecified atom stereocenters. The quantitative estimate of drug-likeness (QED) is 0.424. The van der Waals surface area contributed by atoms with Gasteiger partial charge in [-0.1, -0.05) is 0 Å². The van der Waals surface area contributed by atoms with Gasteiger partial charge in [0.05, 0.1) is 0 Å². The van der Waals surface area contributed by atoms with Gasteiger partial charge in [0.25, 0.3) is 0 Å². The molecule has 0 saturated carbocycles. The standard InChI is InChI=1S/H3NO6S2.H3N/c1-8(2,3)7-9(4,5)6;/h(H2,1,2,3)(H,4,5,6);1H3. The average molecular weight is 194 g/mol. The van der Waals surface area contributed by atoms with Crippen LogP contribution in [0, 0.1) is 4.78 Å². The van der Waals surface area contributed by atoms with Crippen molar-refractivity contribution in [1.82, 2.24) is 6.15 Å². The molecule has 0 aliphatic carbocycles. The second-order valence-corrected chi connectivity index (χ2v) is 3.20. The van der Waals surface area contributed by atoms with Crippen molar-refractivity contribution in [3.63, 3.8) is 0 Å². The third-order valence-electron chi connectivity index (χ3n) is 0.173. The Morgan fingerprint density at radius 3 is 1.60 bits per heavy atom. The fourth-order valence-corrected chi connectivity index (χ4v) is 0.987. The molecule has 0 aromatic carbocycles. The Balaban J connectivity index is -0.000000320. The van der Waals surface area contributed by atoms with E-state index in [2.05, 4.69) is 3.63 Å². The van der Waals surface area contributed by atoms with Gasteiger partial charge in [0.2, 0.25) is 10.4 Å². The Morgan fingerprint density at radius 1 is 1.30 bits per heavy atom. The molecule has 1 atom stereocenters. The van der Waals surface area contributed by atoms with E-state index in [1.165, 1.54) is 0 Å². The summed E-state index contributed by atoms with van der Waals surface area (Å²) in [4.78, 5) is 0. The number of rotatable bonds is 2. The minimum atomic E-state index is -5.31. The Bertz CT molecular complexity index is 244. The van der Waals surface area contributed by atoms with E-state index in [9.17, 15) is 21.7 Å². The molecular weight excluding hydrogens is 188 g/mol. The lowest BCUT2D eigenvalue weighted by Gasteiger charge is -2.11. The summed E-state index contributed by atoms with van der Waals surface area (Å²) in [5.41, 5.74) is 0. The zero-order valence-corrected chi connectivity index (χ0v) is 6.40. The minimum Gasteiger partial charge on any atom is -0.742 e. The molecule has 0 fully saturated rings. The first-order valence-electron chi connectivity index (χ1n) is 1.37. The Morgan fingerprint density at radius 2 is 1.60 bits per heavy atom. The van der Waals surface area contributed by atoms with Gasteiger partial charge in [-0.3, -0.25) is 0 Å². The predicted octanol–water partition coefficient (Wildman–Crippen LogP) is -0.956. The van der Waals surface area contributed by atoms with Gasteiger partial charge in [0, 0.05) is 0 Å². The highest BCUT2D eigenvalue weighted by Gasteiger charge is 1.95. The molecule has 0 aliphatic heterocycles. The van der Waals surface area contributed by atoms with Crippen LogP contribution < -0.4 is 6.15 Å². The van der Waals surface area contributed by atoms with Crippen LogP contribution in [0.4, 0.5) is 0 Å². The lowest BCUT2D eigenvalue weighted by Crippen LogP contribution is -2.09.